The Morgan fingerprint density at radius 2 is 1.35 bits per heavy atom. The van der Waals surface area contributed by atoms with Crippen molar-refractivity contribution in [2.75, 3.05) is 16.6 Å². The minimum atomic E-state index is -1.30. The standard InChI is InChI=1S/C31H26N2O4/c1-2-36-26-20-18-24(19-21-26)32-29(34)28-31(30(32)35,23-14-8-4-9-15-23)27(22-12-6-3-7-13-22)33(37-28)25-16-10-5-11-17-25/h3-21,27-28H,2H2,1H3/t27-,28+,31-/m0/s1. The van der Waals surface area contributed by atoms with E-state index in [4.69, 9.17) is 9.57 Å². The fraction of sp³-hybridized carbons (Fsp3) is 0.161. The van der Waals surface area contributed by atoms with Crippen LogP contribution in [0.3, 0.4) is 0 Å². The zero-order valence-corrected chi connectivity index (χ0v) is 20.4. The predicted octanol–water partition coefficient (Wildman–Crippen LogP) is 5.46. The van der Waals surface area contributed by atoms with Gasteiger partial charge in [0.05, 0.1) is 18.0 Å². The van der Waals surface area contributed by atoms with Crippen molar-refractivity contribution in [1.82, 2.24) is 0 Å². The van der Waals surface area contributed by atoms with E-state index < -0.39 is 23.5 Å². The fourth-order valence-electron chi connectivity index (χ4n) is 5.52. The number of para-hydroxylation sites is 1. The van der Waals surface area contributed by atoms with Gasteiger partial charge in [-0.25, -0.2) is 9.96 Å². The summed E-state index contributed by atoms with van der Waals surface area (Å²) in [6.07, 6.45) is -1.04. The highest BCUT2D eigenvalue weighted by Gasteiger charge is 2.72. The lowest BCUT2D eigenvalue weighted by Gasteiger charge is -2.35. The Bertz CT molecular complexity index is 1410. The van der Waals surface area contributed by atoms with Crippen molar-refractivity contribution in [3.63, 3.8) is 0 Å². The second-order valence-corrected chi connectivity index (χ2v) is 9.10. The summed E-state index contributed by atoms with van der Waals surface area (Å²) in [5, 5.41) is 1.73. The molecule has 37 heavy (non-hydrogen) atoms. The van der Waals surface area contributed by atoms with Crippen LogP contribution in [0.15, 0.2) is 115 Å². The predicted molar refractivity (Wildman–Crippen MR) is 141 cm³/mol. The number of amides is 2. The third kappa shape index (κ3) is 3.52. The molecule has 2 saturated heterocycles. The number of fused-ring (bicyclic) bond motifs is 1. The minimum Gasteiger partial charge on any atom is -0.494 e. The molecule has 0 spiro atoms. The number of hydrogen-bond acceptors (Lipinski definition) is 5. The van der Waals surface area contributed by atoms with Crippen LogP contribution in [0.1, 0.15) is 24.1 Å². The van der Waals surface area contributed by atoms with Crippen molar-refractivity contribution >= 4 is 23.2 Å². The zero-order chi connectivity index (χ0) is 25.4. The topological polar surface area (TPSA) is 59.1 Å². The van der Waals surface area contributed by atoms with Crippen molar-refractivity contribution in [3.8, 4) is 5.75 Å². The van der Waals surface area contributed by atoms with Gasteiger partial charge < -0.3 is 4.74 Å². The van der Waals surface area contributed by atoms with Gasteiger partial charge in [-0.3, -0.25) is 14.4 Å². The lowest BCUT2D eigenvalue weighted by Crippen LogP contribution is -2.46. The third-order valence-corrected chi connectivity index (χ3v) is 7.08. The second-order valence-electron chi connectivity index (χ2n) is 9.10. The van der Waals surface area contributed by atoms with Crippen molar-refractivity contribution in [2.45, 2.75) is 24.5 Å². The maximum absolute atomic E-state index is 14.7. The van der Waals surface area contributed by atoms with Crippen LogP contribution in [-0.4, -0.2) is 24.5 Å². The quantitative estimate of drug-likeness (QED) is 0.336. The zero-order valence-electron chi connectivity index (χ0n) is 20.4. The highest BCUT2D eigenvalue weighted by Crippen LogP contribution is 2.57. The number of imide groups is 1. The molecule has 0 aromatic heterocycles. The molecular formula is C31H26N2O4. The van der Waals surface area contributed by atoms with Gasteiger partial charge in [-0.1, -0.05) is 78.9 Å². The molecule has 0 bridgehead atoms. The monoisotopic (exact) mass is 490 g/mol. The Morgan fingerprint density at radius 3 is 1.97 bits per heavy atom. The molecule has 0 aliphatic carbocycles. The number of nitrogens with zero attached hydrogens (tertiary/aromatic N) is 2. The average Bonchev–Trinajstić information content (AvgIpc) is 3.42. The maximum atomic E-state index is 14.7. The molecule has 0 N–H and O–H groups in total. The number of benzene rings is 4. The number of carbonyl (C=O) groups is 2. The summed E-state index contributed by atoms with van der Waals surface area (Å²) in [5.74, 6) is -0.0282. The van der Waals surface area contributed by atoms with Crippen molar-refractivity contribution in [2.24, 2.45) is 0 Å². The molecule has 6 nitrogen and oxygen atoms in total. The number of carbonyl (C=O) groups excluding carboxylic acids is 2. The normalized spacial score (nSPS) is 22.8. The van der Waals surface area contributed by atoms with Gasteiger partial charge in [-0.05, 0) is 54.4 Å². The summed E-state index contributed by atoms with van der Waals surface area (Å²) in [7, 11) is 0. The molecular weight excluding hydrogens is 464 g/mol. The van der Waals surface area contributed by atoms with E-state index in [0.29, 0.717) is 18.0 Å². The van der Waals surface area contributed by atoms with Crippen LogP contribution in [0.2, 0.25) is 0 Å². The molecule has 0 unspecified atom stereocenters. The van der Waals surface area contributed by atoms with Crippen LogP contribution in [0.25, 0.3) is 0 Å². The van der Waals surface area contributed by atoms with Gasteiger partial charge in [0, 0.05) is 0 Å². The van der Waals surface area contributed by atoms with Crippen LogP contribution in [0.5, 0.6) is 5.75 Å². The van der Waals surface area contributed by atoms with E-state index in [1.54, 1.807) is 29.3 Å². The Morgan fingerprint density at radius 1 is 0.757 bits per heavy atom. The second kappa shape index (κ2) is 9.22. The van der Waals surface area contributed by atoms with Gasteiger partial charge in [0.1, 0.15) is 17.2 Å². The van der Waals surface area contributed by atoms with Crippen molar-refractivity contribution in [3.05, 3.63) is 126 Å². The summed E-state index contributed by atoms with van der Waals surface area (Å²) in [6, 6.07) is 35.4. The molecule has 3 atom stereocenters. The Hall–Kier alpha value is -4.42. The van der Waals surface area contributed by atoms with Gasteiger partial charge in [-0.2, -0.15) is 0 Å². The Kier molecular flexibility index (Phi) is 5.74. The molecule has 2 fully saturated rings. The highest BCUT2D eigenvalue weighted by molar-refractivity contribution is 6.28. The van der Waals surface area contributed by atoms with Crippen LogP contribution in [0, 0.1) is 0 Å². The Labute approximate surface area is 215 Å². The lowest BCUT2D eigenvalue weighted by atomic mass is 9.69. The third-order valence-electron chi connectivity index (χ3n) is 7.08. The number of rotatable bonds is 6. The van der Waals surface area contributed by atoms with E-state index in [2.05, 4.69) is 0 Å². The van der Waals surface area contributed by atoms with Crippen LogP contribution in [0.4, 0.5) is 11.4 Å². The Balaban J connectivity index is 1.56. The molecule has 0 saturated carbocycles. The van der Waals surface area contributed by atoms with E-state index >= 15 is 0 Å². The summed E-state index contributed by atoms with van der Waals surface area (Å²) in [4.78, 5) is 36.5. The summed E-state index contributed by atoms with van der Waals surface area (Å²) < 4.78 is 5.56. The largest absolute Gasteiger partial charge is 0.494 e. The molecule has 184 valence electrons. The highest BCUT2D eigenvalue weighted by atomic mass is 16.7. The summed E-state index contributed by atoms with van der Waals surface area (Å²) in [6.45, 7) is 2.44. The van der Waals surface area contributed by atoms with E-state index in [9.17, 15) is 9.59 Å². The number of ether oxygens (including phenoxy) is 1. The SMILES string of the molecule is CCOc1ccc(N2C(=O)[C@H]3ON(c4ccccc4)[C@@H](c4ccccc4)[C@]3(c3ccccc3)C2=O)cc1. The molecule has 2 aliphatic rings. The lowest BCUT2D eigenvalue weighted by molar-refractivity contribution is -0.126. The molecule has 4 aromatic carbocycles. The first kappa shape index (κ1) is 23.0. The van der Waals surface area contributed by atoms with E-state index in [-0.39, 0.29) is 5.91 Å². The molecule has 6 heteroatoms. The van der Waals surface area contributed by atoms with E-state index in [1.165, 1.54) is 4.90 Å². The van der Waals surface area contributed by atoms with Crippen LogP contribution < -0.4 is 14.7 Å². The molecule has 2 heterocycles. The molecule has 4 aromatic rings. The summed E-state index contributed by atoms with van der Waals surface area (Å²) >= 11 is 0. The maximum Gasteiger partial charge on any atom is 0.267 e. The number of hydroxylamine groups is 1. The van der Waals surface area contributed by atoms with Gasteiger partial charge in [0.15, 0.2) is 6.10 Å². The molecule has 2 aliphatic heterocycles. The van der Waals surface area contributed by atoms with E-state index in [1.807, 2.05) is 97.9 Å². The fourth-order valence-corrected chi connectivity index (χ4v) is 5.52. The molecule has 2 amide bonds. The minimum absolute atomic E-state index is 0.315. The van der Waals surface area contributed by atoms with Crippen LogP contribution >= 0.6 is 0 Å². The molecule has 0 radical (unpaired) electrons. The number of hydrogen-bond donors (Lipinski definition) is 0. The van der Waals surface area contributed by atoms with Gasteiger partial charge in [0.2, 0.25) is 5.91 Å². The average molecular weight is 491 g/mol. The van der Waals surface area contributed by atoms with Crippen molar-refractivity contribution < 1.29 is 19.2 Å². The van der Waals surface area contributed by atoms with Gasteiger partial charge >= 0.3 is 0 Å². The van der Waals surface area contributed by atoms with E-state index in [0.717, 1.165) is 16.8 Å². The summed E-state index contributed by atoms with van der Waals surface area (Å²) in [5.41, 5.74) is 1.58. The first-order chi connectivity index (χ1) is 18.2. The molecule has 6 rings (SSSR count). The number of anilines is 2. The van der Waals surface area contributed by atoms with Crippen molar-refractivity contribution in [1.29, 1.82) is 0 Å². The van der Waals surface area contributed by atoms with Crippen LogP contribution in [-0.2, 0) is 19.8 Å². The van der Waals surface area contributed by atoms with Gasteiger partial charge in [0.25, 0.3) is 5.91 Å². The first-order valence-corrected chi connectivity index (χ1v) is 12.4. The van der Waals surface area contributed by atoms with Gasteiger partial charge in [-0.15, -0.1) is 0 Å². The first-order valence-electron chi connectivity index (χ1n) is 12.4. The smallest absolute Gasteiger partial charge is 0.267 e.